The zero-order valence-corrected chi connectivity index (χ0v) is 17.8. The lowest BCUT2D eigenvalue weighted by Crippen LogP contribution is -2.56. The second-order valence-corrected chi connectivity index (χ2v) is 7.30. The van der Waals surface area contributed by atoms with Crippen LogP contribution in [0, 0.1) is 0 Å². The Morgan fingerprint density at radius 2 is 1.28 bits per heavy atom. The lowest BCUT2D eigenvalue weighted by molar-refractivity contribution is -0.145. The molecular formula is C23H28N4O5. The van der Waals surface area contributed by atoms with Crippen LogP contribution in [0.3, 0.4) is 0 Å². The number of carbonyl (C=O) groups is 4. The number of hydrogen-bond donors (Lipinski definition) is 4. The molecule has 0 bridgehead atoms. The van der Waals surface area contributed by atoms with Crippen molar-refractivity contribution in [3.63, 3.8) is 0 Å². The average molecular weight is 441 g/mol. The van der Waals surface area contributed by atoms with Gasteiger partial charge in [0.2, 0.25) is 17.7 Å². The highest BCUT2D eigenvalue weighted by molar-refractivity contribution is 5.93. The second-order valence-electron chi connectivity index (χ2n) is 7.30. The first-order valence-electron chi connectivity index (χ1n) is 10.1. The largest absolute Gasteiger partial charge is 0.467 e. The number of methoxy groups -OCH3 is 1. The normalized spacial score (nSPS) is 13.3. The van der Waals surface area contributed by atoms with Crippen molar-refractivity contribution in [2.24, 2.45) is 11.5 Å². The number of amides is 3. The summed E-state index contributed by atoms with van der Waals surface area (Å²) in [7, 11) is 1.23. The summed E-state index contributed by atoms with van der Waals surface area (Å²) in [5, 5.41) is 5.22. The molecule has 3 atom stereocenters. The molecule has 0 aromatic heterocycles. The molecular weight excluding hydrogens is 412 g/mol. The van der Waals surface area contributed by atoms with Crippen molar-refractivity contribution in [3.05, 3.63) is 71.8 Å². The standard InChI is InChI=1S/C23H28N4O5/c1-32-23(31)19(13-16-10-6-3-7-11-16)27-22(30)18(12-15-8-4-2-5-9-15)26-21(29)17(24)14-20(25)28/h2-11,17-19H,12-14,24H2,1H3,(H2,25,28)(H,26,29)(H,27,30)/t17-,18-,19-/m0/s1. The van der Waals surface area contributed by atoms with E-state index in [9.17, 15) is 19.2 Å². The van der Waals surface area contributed by atoms with Gasteiger partial charge in [-0.05, 0) is 11.1 Å². The van der Waals surface area contributed by atoms with Gasteiger partial charge in [0.05, 0.1) is 19.6 Å². The minimum Gasteiger partial charge on any atom is -0.467 e. The number of rotatable bonds is 11. The van der Waals surface area contributed by atoms with Gasteiger partial charge in [0.25, 0.3) is 0 Å². The topological polar surface area (TPSA) is 154 Å². The number of hydrogen-bond acceptors (Lipinski definition) is 6. The molecule has 2 aromatic rings. The van der Waals surface area contributed by atoms with Gasteiger partial charge < -0.3 is 26.8 Å². The van der Waals surface area contributed by atoms with Crippen LogP contribution >= 0.6 is 0 Å². The fraction of sp³-hybridized carbons (Fsp3) is 0.304. The van der Waals surface area contributed by atoms with Gasteiger partial charge in [-0.3, -0.25) is 14.4 Å². The quantitative estimate of drug-likeness (QED) is 0.355. The van der Waals surface area contributed by atoms with Gasteiger partial charge in [0.15, 0.2) is 0 Å². The summed E-state index contributed by atoms with van der Waals surface area (Å²) in [4.78, 5) is 48.9. The van der Waals surface area contributed by atoms with E-state index < -0.39 is 41.8 Å². The Morgan fingerprint density at radius 1 is 0.812 bits per heavy atom. The van der Waals surface area contributed by atoms with Crippen LogP contribution in [0.25, 0.3) is 0 Å². The van der Waals surface area contributed by atoms with Gasteiger partial charge in [0, 0.05) is 12.8 Å². The number of nitrogens with one attached hydrogen (secondary N) is 2. The summed E-state index contributed by atoms with van der Waals surface area (Å²) in [6.45, 7) is 0. The Labute approximate surface area is 186 Å². The fourth-order valence-corrected chi connectivity index (χ4v) is 3.10. The van der Waals surface area contributed by atoms with Crippen molar-refractivity contribution in [3.8, 4) is 0 Å². The molecule has 0 saturated heterocycles. The number of carbonyl (C=O) groups excluding carboxylic acids is 4. The fourth-order valence-electron chi connectivity index (χ4n) is 3.10. The Hall–Kier alpha value is -3.72. The molecule has 0 aliphatic rings. The maximum absolute atomic E-state index is 13.1. The molecule has 0 fully saturated rings. The predicted octanol–water partition coefficient (Wildman–Crippen LogP) is -0.183. The number of primary amides is 1. The van der Waals surface area contributed by atoms with Crippen molar-refractivity contribution in [1.82, 2.24) is 10.6 Å². The summed E-state index contributed by atoms with van der Waals surface area (Å²) < 4.78 is 4.83. The lowest BCUT2D eigenvalue weighted by atomic mass is 10.0. The van der Waals surface area contributed by atoms with Gasteiger partial charge in [-0.1, -0.05) is 60.7 Å². The number of nitrogens with two attached hydrogens (primary N) is 2. The first-order valence-corrected chi connectivity index (χ1v) is 10.1. The molecule has 9 heteroatoms. The van der Waals surface area contributed by atoms with E-state index in [1.807, 2.05) is 36.4 Å². The summed E-state index contributed by atoms with van der Waals surface area (Å²) in [6.07, 6.45) is 0.0116. The second kappa shape index (κ2) is 12.2. The van der Waals surface area contributed by atoms with E-state index in [0.717, 1.165) is 11.1 Å². The highest BCUT2D eigenvalue weighted by Gasteiger charge is 2.29. The highest BCUT2D eigenvalue weighted by atomic mass is 16.5. The Balaban J connectivity index is 2.19. The number of ether oxygens (including phenoxy) is 1. The summed E-state index contributed by atoms with van der Waals surface area (Å²) in [5.74, 6) is -2.62. The lowest BCUT2D eigenvalue weighted by Gasteiger charge is -2.23. The van der Waals surface area contributed by atoms with Gasteiger partial charge in [-0.25, -0.2) is 4.79 Å². The van der Waals surface area contributed by atoms with Crippen LogP contribution in [0.4, 0.5) is 0 Å². The Morgan fingerprint density at radius 3 is 1.75 bits per heavy atom. The number of esters is 1. The summed E-state index contributed by atoms with van der Waals surface area (Å²) in [6, 6.07) is 15.0. The van der Waals surface area contributed by atoms with Crippen LogP contribution in [0.5, 0.6) is 0 Å². The Bertz CT molecular complexity index is 920. The van der Waals surface area contributed by atoms with Crippen molar-refractivity contribution in [2.75, 3.05) is 7.11 Å². The molecule has 0 aliphatic carbocycles. The van der Waals surface area contributed by atoms with Crippen molar-refractivity contribution in [2.45, 2.75) is 37.4 Å². The third kappa shape index (κ3) is 7.84. The molecule has 0 unspecified atom stereocenters. The maximum atomic E-state index is 13.1. The number of benzene rings is 2. The van der Waals surface area contributed by atoms with Crippen LogP contribution in [0.1, 0.15) is 17.5 Å². The molecule has 170 valence electrons. The van der Waals surface area contributed by atoms with Crippen LogP contribution in [-0.4, -0.2) is 48.9 Å². The SMILES string of the molecule is COC(=O)[C@H](Cc1ccccc1)NC(=O)[C@H](Cc1ccccc1)NC(=O)[C@@H](N)CC(N)=O. The minimum atomic E-state index is -1.20. The van der Waals surface area contributed by atoms with Crippen LogP contribution < -0.4 is 22.1 Å². The van der Waals surface area contributed by atoms with Crippen LogP contribution in [0.2, 0.25) is 0 Å². The molecule has 9 nitrogen and oxygen atoms in total. The van der Waals surface area contributed by atoms with Crippen molar-refractivity contribution < 1.29 is 23.9 Å². The molecule has 32 heavy (non-hydrogen) atoms. The molecule has 0 aliphatic heterocycles. The molecule has 0 heterocycles. The zero-order valence-electron chi connectivity index (χ0n) is 17.8. The van der Waals surface area contributed by atoms with E-state index in [1.54, 1.807) is 24.3 Å². The van der Waals surface area contributed by atoms with Gasteiger partial charge in [0.1, 0.15) is 12.1 Å². The third-order valence-corrected chi connectivity index (χ3v) is 4.76. The van der Waals surface area contributed by atoms with Gasteiger partial charge >= 0.3 is 5.97 Å². The van der Waals surface area contributed by atoms with E-state index in [1.165, 1.54) is 7.11 Å². The summed E-state index contributed by atoms with van der Waals surface area (Å²) >= 11 is 0. The highest BCUT2D eigenvalue weighted by Crippen LogP contribution is 2.08. The molecule has 0 radical (unpaired) electrons. The first kappa shape index (κ1) is 24.5. The van der Waals surface area contributed by atoms with E-state index in [4.69, 9.17) is 16.2 Å². The molecule has 2 aromatic carbocycles. The predicted molar refractivity (Wildman–Crippen MR) is 118 cm³/mol. The molecule has 6 N–H and O–H groups in total. The van der Waals surface area contributed by atoms with E-state index in [0.29, 0.717) is 0 Å². The molecule has 0 spiro atoms. The van der Waals surface area contributed by atoms with E-state index >= 15 is 0 Å². The monoisotopic (exact) mass is 440 g/mol. The van der Waals surface area contributed by atoms with E-state index in [2.05, 4.69) is 10.6 Å². The molecule has 2 rings (SSSR count). The first-order chi connectivity index (χ1) is 15.3. The van der Waals surface area contributed by atoms with Crippen molar-refractivity contribution >= 4 is 23.7 Å². The molecule has 3 amide bonds. The van der Waals surface area contributed by atoms with Crippen LogP contribution in [-0.2, 0) is 36.8 Å². The van der Waals surface area contributed by atoms with Gasteiger partial charge in [-0.2, -0.15) is 0 Å². The maximum Gasteiger partial charge on any atom is 0.328 e. The van der Waals surface area contributed by atoms with E-state index in [-0.39, 0.29) is 19.3 Å². The summed E-state index contributed by atoms with van der Waals surface area (Å²) in [5.41, 5.74) is 12.4. The van der Waals surface area contributed by atoms with Gasteiger partial charge in [-0.15, -0.1) is 0 Å². The minimum absolute atomic E-state index is 0.154. The molecule has 0 saturated carbocycles. The average Bonchev–Trinajstić information content (AvgIpc) is 2.78. The third-order valence-electron chi connectivity index (χ3n) is 4.76. The zero-order chi connectivity index (χ0) is 23.5. The smallest absolute Gasteiger partial charge is 0.328 e. The van der Waals surface area contributed by atoms with Crippen molar-refractivity contribution in [1.29, 1.82) is 0 Å². The van der Waals surface area contributed by atoms with Crippen LogP contribution in [0.15, 0.2) is 60.7 Å². The Kier molecular flexibility index (Phi) is 9.37.